The summed E-state index contributed by atoms with van der Waals surface area (Å²) in [7, 11) is 3.84. The highest BCUT2D eigenvalue weighted by atomic mass is 16.5. The van der Waals surface area contributed by atoms with Gasteiger partial charge in [0.2, 0.25) is 0 Å². The number of piperidine rings is 1. The second kappa shape index (κ2) is 6.44. The summed E-state index contributed by atoms with van der Waals surface area (Å²) in [6.07, 6.45) is 3.25. The Bertz CT molecular complexity index is 451. The fourth-order valence-electron chi connectivity index (χ4n) is 3.17. The first-order valence-electron chi connectivity index (χ1n) is 7.66. The van der Waals surface area contributed by atoms with E-state index in [9.17, 15) is 0 Å². The summed E-state index contributed by atoms with van der Waals surface area (Å²) < 4.78 is 15.8. The molecule has 2 saturated heterocycles. The second-order valence-corrected chi connectivity index (χ2v) is 6.39. The summed E-state index contributed by atoms with van der Waals surface area (Å²) in [5.41, 5.74) is 1.01. The SMILES string of the molecule is COCc1cc(CC2(NC3CCN(C)CC3)COC2)no1. The van der Waals surface area contributed by atoms with Crippen molar-refractivity contribution in [3.8, 4) is 0 Å². The molecule has 6 nitrogen and oxygen atoms in total. The molecule has 0 spiro atoms. The minimum Gasteiger partial charge on any atom is -0.377 e. The first kappa shape index (κ1) is 15.0. The lowest BCUT2D eigenvalue weighted by Gasteiger charge is -2.45. The van der Waals surface area contributed by atoms with Crippen LogP contribution in [0.1, 0.15) is 24.3 Å². The van der Waals surface area contributed by atoms with Gasteiger partial charge < -0.3 is 24.2 Å². The highest BCUT2D eigenvalue weighted by Crippen LogP contribution is 2.25. The number of nitrogens with one attached hydrogen (secondary N) is 1. The first-order chi connectivity index (χ1) is 10.2. The molecule has 0 saturated carbocycles. The average Bonchev–Trinajstić information content (AvgIpc) is 2.86. The van der Waals surface area contributed by atoms with E-state index in [0.717, 1.165) is 44.2 Å². The molecule has 2 aliphatic rings. The van der Waals surface area contributed by atoms with Crippen LogP contribution in [0, 0.1) is 0 Å². The lowest BCUT2D eigenvalue weighted by molar-refractivity contribution is -0.0823. The third-order valence-corrected chi connectivity index (χ3v) is 4.40. The van der Waals surface area contributed by atoms with E-state index in [1.807, 2.05) is 6.07 Å². The highest BCUT2D eigenvalue weighted by molar-refractivity contribution is 5.12. The van der Waals surface area contributed by atoms with Crippen molar-refractivity contribution in [3.05, 3.63) is 17.5 Å². The fraction of sp³-hybridized carbons (Fsp3) is 0.800. The van der Waals surface area contributed by atoms with Gasteiger partial charge in [0.05, 0.1) is 24.4 Å². The maximum atomic E-state index is 5.47. The molecule has 21 heavy (non-hydrogen) atoms. The predicted molar refractivity (Wildman–Crippen MR) is 78.1 cm³/mol. The van der Waals surface area contributed by atoms with Gasteiger partial charge in [0.15, 0.2) is 5.76 Å². The Labute approximate surface area is 125 Å². The van der Waals surface area contributed by atoms with Crippen molar-refractivity contribution in [1.29, 1.82) is 0 Å². The number of hydrogen-bond acceptors (Lipinski definition) is 6. The molecule has 0 unspecified atom stereocenters. The van der Waals surface area contributed by atoms with E-state index >= 15 is 0 Å². The van der Waals surface area contributed by atoms with Gasteiger partial charge in [0.1, 0.15) is 6.61 Å². The molecule has 0 aliphatic carbocycles. The van der Waals surface area contributed by atoms with Crippen LogP contribution in [0.15, 0.2) is 10.6 Å². The fourth-order valence-corrected chi connectivity index (χ4v) is 3.17. The summed E-state index contributed by atoms with van der Waals surface area (Å²) in [6.45, 7) is 4.31. The summed E-state index contributed by atoms with van der Waals surface area (Å²) in [5.74, 6) is 0.780. The number of rotatable bonds is 6. The Kier molecular flexibility index (Phi) is 4.59. The van der Waals surface area contributed by atoms with Gasteiger partial charge in [-0.1, -0.05) is 5.16 Å². The van der Waals surface area contributed by atoms with E-state index < -0.39 is 0 Å². The standard InChI is InChI=1S/C15H25N3O3/c1-18-5-3-12(4-6-18)16-15(10-20-11-15)8-13-7-14(9-19-2)21-17-13/h7,12,16H,3-6,8-11H2,1-2H3. The summed E-state index contributed by atoms with van der Waals surface area (Å²) in [5, 5.41) is 7.96. The monoisotopic (exact) mass is 295 g/mol. The molecule has 118 valence electrons. The molecule has 2 aliphatic heterocycles. The minimum atomic E-state index is 0.0296. The summed E-state index contributed by atoms with van der Waals surface area (Å²) >= 11 is 0. The van der Waals surface area contributed by atoms with E-state index in [-0.39, 0.29) is 5.54 Å². The summed E-state index contributed by atoms with van der Waals surface area (Å²) in [4.78, 5) is 2.39. The van der Waals surface area contributed by atoms with Gasteiger partial charge in [-0.2, -0.15) is 0 Å². The third kappa shape index (κ3) is 3.63. The molecule has 2 fully saturated rings. The van der Waals surface area contributed by atoms with E-state index in [1.54, 1.807) is 7.11 Å². The quantitative estimate of drug-likeness (QED) is 0.838. The van der Waals surface area contributed by atoms with Crippen molar-refractivity contribution in [2.24, 2.45) is 0 Å². The lowest BCUT2D eigenvalue weighted by Crippen LogP contribution is -2.65. The van der Waals surface area contributed by atoms with Crippen LogP contribution in [0.4, 0.5) is 0 Å². The third-order valence-electron chi connectivity index (χ3n) is 4.40. The topological polar surface area (TPSA) is 59.8 Å². The van der Waals surface area contributed by atoms with Crippen molar-refractivity contribution >= 4 is 0 Å². The smallest absolute Gasteiger partial charge is 0.162 e. The predicted octanol–water partition coefficient (Wildman–Crippen LogP) is 0.816. The van der Waals surface area contributed by atoms with Crippen LogP contribution < -0.4 is 5.32 Å². The van der Waals surface area contributed by atoms with E-state index in [1.165, 1.54) is 12.8 Å². The van der Waals surface area contributed by atoms with Gasteiger partial charge in [0, 0.05) is 25.6 Å². The first-order valence-corrected chi connectivity index (χ1v) is 7.66. The van der Waals surface area contributed by atoms with Crippen LogP contribution in [-0.2, 0) is 22.5 Å². The van der Waals surface area contributed by atoms with Gasteiger partial charge in [-0.3, -0.25) is 0 Å². The average molecular weight is 295 g/mol. The molecule has 0 aromatic carbocycles. The maximum absolute atomic E-state index is 5.47. The molecule has 1 aromatic rings. The molecular formula is C15H25N3O3. The van der Waals surface area contributed by atoms with E-state index in [4.69, 9.17) is 14.0 Å². The van der Waals surface area contributed by atoms with Crippen LogP contribution in [0.2, 0.25) is 0 Å². The Balaban J connectivity index is 1.58. The molecular weight excluding hydrogens is 270 g/mol. The van der Waals surface area contributed by atoms with Crippen LogP contribution in [0.3, 0.4) is 0 Å². The van der Waals surface area contributed by atoms with Crippen molar-refractivity contribution in [2.75, 3.05) is 40.5 Å². The summed E-state index contributed by atoms with van der Waals surface area (Å²) in [6, 6.07) is 2.57. The van der Waals surface area contributed by atoms with Crippen molar-refractivity contribution in [1.82, 2.24) is 15.4 Å². The second-order valence-electron chi connectivity index (χ2n) is 6.39. The molecule has 1 N–H and O–H groups in total. The number of aromatic nitrogens is 1. The minimum absolute atomic E-state index is 0.0296. The van der Waals surface area contributed by atoms with Crippen LogP contribution in [0.5, 0.6) is 0 Å². The number of hydrogen-bond donors (Lipinski definition) is 1. The van der Waals surface area contributed by atoms with Gasteiger partial charge >= 0.3 is 0 Å². The molecule has 3 heterocycles. The number of nitrogens with zero attached hydrogens (tertiary/aromatic N) is 2. The Morgan fingerprint density at radius 1 is 1.43 bits per heavy atom. The Hall–Kier alpha value is -0.950. The molecule has 0 radical (unpaired) electrons. The Morgan fingerprint density at radius 2 is 2.19 bits per heavy atom. The van der Waals surface area contributed by atoms with Crippen LogP contribution in [0.25, 0.3) is 0 Å². The zero-order valence-corrected chi connectivity index (χ0v) is 12.9. The van der Waals surface area contributed by atoms with Gasteiger partial charge in [-0.25, -0.2) is 0 Å². The van der Waals surface area contributed by atoms with Crippen LogP contribution >= 0.6 is 0 Å². The zero-order chi connectivity index (χ0) is 14.7. The molecule has 0 atom stereocenters. The molecule has 0 amide bonds. The van der Waals surface area contributed by atoms with Crippen molar-refractivity contribution in [3.63, 3.8) is 0 Å². The number of methoxy groups -OCH3 is 1. The van der Waals surface area contributed by atoms with Crippen molar-refractivity contribution < 1.29 is 14.0 Å². The molecule has 6 heteroatoms. The molecule has 0 bridgehead atoms. The number of likely N-dealkylation sites (tertiary alicyclic amines) is 1. The van der Waals surface area contributed by atoms with Gasteiger partial charge in [-0.15, -0.1) is 0 Å². The normalized spacial score (nSPS) is 23.1. The highest BCUT2D eigenvalue weighted by Gasteiger charge is 2.41. The van der Waals surface area contributed by atoms with Gasteiger partial charge in [0.25, 0.3) is 0 Å². The maximum Gasteiger partial charge on any atom is 0.162 e. The lowest BCUT2D eigenvalue weighted by atomic mass is 9.88. The van der Waals surface area contributed by atoms with E-state index in [2.05, 4.69) is 22.4 Å². The molecule has 3 rings (SSSR count). The van der Waals surface area contributed by atoms with E-state index in [0.29, 0.717) is 12.6 Å². The zero-order valence-electron chi connectivity index (χ0n) is 12.9. The van der Waals surface area contributed by atoms with Crippen molar-refractivity contribution in [2.45, 2.75) is 37.5 Å². The number of ether oxygens (including phenoxy) is 2. The largest absolute Gasteiger partial charge is 0.377 e. The van der Waals surface area contributed by atoms with Crippen LogP contribution in [-0.4, -0.2) is 62.1 Å². The molecule has 1 aromatic heterocycles. The van der Waals surface area contributed by atoms with Gasteiger partial charge in [-0.05, 0) is 33.0 Å². The Morgan fingerprint density at radius 3 is 2.81 bits per heavy atom.